The smallest absolute Gasteiger partial charge is 0.210 e. The van der Waals surface area contributed by atoms with Crippen molar-refractivity contribution in [3.63, 3.8) is 0 Å². The Hall–Kier alpha value is -3.86. The van der Waals surface area contributed by atoms with E-state index in [9.17, 15) is 9.18 Å². The first-order valence-electron chi connectivity index (χ1n) is 14.3. The van der Waals surface area contributed by atoms with E-state index in [0.29, 0.717) is 47.6 Å². The normalized spacial score (nSPS) is 17.8. The van der Waals surface area contributed by atoms with E-state index in [1.807, 2.05) is 23.7 Å². The molecule has 1 saturated carbocycles. The van der Waals surface area contributed by atoms with Crippen LogP contribution in [0.15, 0.2) is 36.7 Å². The molecule has 2 fully saturated rings. The van der Waals surface area contributed by atoms with Gasteiger partial charge in [-0.2, -0.15) is 10.1 Å². The fourth-order valence-corrected chi connectivity index (χ4v) is 5.44. The van der Waals surface area contributed by atoms with Gasteiger partial charge in [0.1, 0.15) is 24.0 Å². The molecule has 0 radical (unpaired) electrons. The van der Waals surface area contributed by atoms with Gasteiger partial charge in [-0.3, -0.25) is 19.4 Å². The van der Waals surface area contributed by atoms with Crippen LogP contribution < -0.4 is 10.1 Å². The Balaban J connectivity index is 1.21. The van der Waals surface area contributed by atoms with Crippen molar-refractivity contribution in [3.8, 4) is 11.5 Å². The standard InChI is InChI=1S/C30H37FN8O2/c1-30(2,3)26-16-27(36-39(26)21-8-11-38(18-21)12-9-31)34-29-35-28-24(37(29)4)15-23(17-33-28)41-22-7-10-32-20(13-22)14-25(40)19-5-6-19/h7,10,13,15-17,19,21H,5-6,8-9,11-12,14,18H2,1-4H3,(H,33,34,35,36)/t21-/m1/s1. The summed E-state index contributed by atoms with van der Waals surface area (Å²) in [5.41, 5.74) is 3.10. The van der Waals surface area contributed by atoms with Gasteiger partial charge in [0, 0.05) is 74.5 Å². The van der Waals surface area contributed by atoms with Gasteiger partial charge < -0.3 is 14.6 Å². The van der Waals surface area contributed by atoms with Crippen LogP contribution in [-0.2, 0) is 23.7 Å². The van der Waals surface area contributed by atoms with E-state index in [1.54, 1.807) is 18.5 Å². The Bertz CT molecular complexity index is 1570. The number of carbonyl (C=O) groups excluding carboxylic acids is 1. The quantitative estimate of drug-likeness (QED) is 0.285. The number of imidazole rings is 1. The number of Topliss-reactive ketones (excluding diaryl/α,β-unsaturated/α-hetero) is 1. The zero-order chi connectivity index (χ0) is 28.7. The van der Waals surface area contributed by atoms with Crippen LogP contribution in [0.3, 0.4) is 0 Å². The van der Waals surface area contributed by atoms with E-state index in [4.69, 9.17) is 14.8 Å². The highest BCUT2D eigenvalue weighted by atomic mass is 19.1. The van der Waals surface area contributed by atoms with Crippen LogP contribution in [0.1, 0.15) is 57.5 Å². The minimum absolute atomic E-state index is 0.113. The number of halogens is 1. The molecule has 0 spiro atoms. The molecule has 1 N–H and O–H groups in total. The Labute approximate surface area is 238 Å². The topological polar surface area (TPSA) is 103 Å². The van der Waals surface area contributed by atoms with Crippen LogP contribution in [0.25, 0.3) is 11.2 Å². The number of hydrogen-bond acceptors (Lipinski definition) is 8. The van der Waals surface area contributed by atoms with Crippen molar-refractivity contribution in [2.45, 2.75) is 57.9 Å². The zero-order valence-corrected chi connectivity index (χ0v) is 24.1. The van der Waals surface area contributed by atoms with E-state index >= 15 is 0 Å². The number of fused-ring (bicyclic) bond motifs is 1. The summed E-state index contributed by atoms with van der Waals surface area (Å²) in [5.74, 6) is 2.95. The third-order valence-corrected chi connectivity index (χ3v) is 7.86. The Morgan fingerprint density at radius 2 is 1.98 bits per heavy atom. The number of ketones is 1. The molecule has 0 bridgehead atoms. The number of nitrogens with one attached hydrogen (secondary N) is 1. The summed E-state index contributed by atoms with van der Waals surface area (Å²) in [4.78, 5) is 27.9. The van der Waals surface area contributed by atoms with Crippen LogP contribution >= 0.6 is 0 Å². The lowest BCUT2D eigenvalue weighted by atomic mass is 9.91. The van der Waals surface area contributed by atoms with E-state index in [0.717, 1.165) is 43.6 Å². The number of anilines is 2. The molecule has 1 aliphatic heterocycles. The summed E-state index contributed by atoms with van der Waals surface area (Å²) in [6.07, 6.45) is 6.56. The molecular formula is C30H37FN8O2. The largest absolute Gasteiger partial charge is 0.456 e. The number of rotatable bonds is 10. The lowest BCUT2D eigenvalue weighted by Gasteiger charge is -2.23. The second kappa shape index (κ2) is 10.8. The number of aryl methyl sites for hydroxylation is 1. The maximum atomic E-state index is 12.9. The number of pyridine rings is 2. The van der Waals surface area contributed by atoms with Crippen molar-refractivity contribution >= 4 is 28.7 Å². The molecule has 2 aliphatic rings. The molecule has 1 saturated heterocycles. The number of hydrogen-bond donors (Lipinski definition) is 1. The number of carbonyl (C=O) groups is 1. The van der Waals surface area contributed by atoms with Crippen molar-refractivity contribution in [2.24, 2.45) is 13.0 Å². The first-order valence-corrected chi connectivity index (χ1v) is 14.3. The van der Waals surface area contributed by atoms with Crippen LogP contribution in [0.2, 0.25) is 0 Å². The number of alkyl halides is 1. The van der Waals surface area contributed by atoms with Gasteiger partial charge in [-0.25, -0.2) is 9.37 Å². The van der Waals surface area contributed by atoms with Gasteiger partial charge >= 0.3 is 0 Å². The zero-order valence-electron chi connectivity index (χ0n) is 24.1. The maximum Gasteiger partial charge on any atom is 0.210 e. The summed E-state index contributed by atoms with van der Waals surface area (Å²) >= 11 is 0. The molecule has 0 aromatic carbocycles. The molecule has 1 aliphatic carbocycles. The Kier molecular flexibility index (Phi) is 7.23. The van der Waals surface area contributed by atoms with Gasteiger partial charge in [-0.05, 0) is 25.3 Å². The Morgan fingerprint density at radius 1 is 1.15 bits per heavy atom. The van der Waals surface area contributed by atoms with Gasteiger partial charge in [-0.15, -0.1) is 0 Å². The fourth-order valence-electron chi connectivity index (χ4n) is 5.44. The third-order valence-electron chi connectivity index (χ3n) is 7.86. The van der Waals surface area contributed by atoms with E-state index < -0.39 is 0 Å². The molecule has 5 heterocycles. The molecular weight excluding hydrogens is 523 g/mol. The van der Waals surface area contributed by atoms with Crippen LogP contribution in [0.4, 0.5) is 16.2 Å². The third kappa shape index (κ3) is 5.95. The van der Waals surface area contributed by atoms with Gasteiger partial charge in [0.05, 0.1) is 23.4 Å². The number of ether oxygens (including phenoxy) is 1. The number of aromatic nitrogens is 6. The predicted molar refractivity (Wildman–Crippen MR) is 155 cm³/mol. The van der Waals surface area contributed by atoms with E-state index in [1.165, 1.54) is 0 Å². The molecule has 1 atom stereocenters. The summed E-state index contributed by atoms with van der Waals surface area (Å²) < 4.78 is 23.0. The lowest BCUT2D eigenvalue weighted by molar-refractivity contribution is -0.119. The lowest BCUT2D eigenvalue weighted by Crippen LogP contribution is -2.26. The van der Waals surface area contributed by atoms with Gasteiger partial charge in [0.15, 0.2) is 11.5 Å². The molecule has 4 aromatic rings. The van der Waals surface area contributed by atoms with Crippen molar-refractivity contribution in [2.75, 3.05) is 31.6 Å². The fraction of sp³-hybridized carbons (Fsp3) is 0.500. The van der Waals surface area contributed by atoms with Crippen molar-refractivity contribution in [3.05, 3.63) is 48.0 Å². The van der Waals surface area contributed by atoms with E-state index in [2.05, 4.69) is 51.7 Å². The van der Waals surface area contributed by atoms with Gasteiger partial charge in [0.2, 0.25) is 5.95 Å². The first-order chi connectivity index (χ1) is 19.7. The molecule has 6 rings (SSSR count). The highest BCUT2D eigenvalue weighted by Gasteiger charge is 2.31. The summed E-state index contributed by atoms with van der Waals surface area (Å²) in [7, 11) is 1.92. The molecule has 41 heavy (non-hydrogen) atoms. The van der Waals surface area contributed by atoms with Crippen molar-refractivity contribution in [1.82, 2.24) is 34.2 Å². The van der Waals surface area contributed by atoms with E-state index in [-0.39, 0.29) is 29.8 Å². The second-order valence-electron chi connectivity index (χ2n) is 12.2. The summed E-state index contributed by atoms with van der Waals surface area (Å²) in [6.45, 7) is 8.34. The molecule has 4 aromatic heterocycles. The Morgan fingerprint density at radius 3 is 2.73 bits per heavy atom. The molecule has 11 heteroatoms. The SMILES string of the molecule is Cn1c(Nc2cc(C(C)(C)C)n([C@@H]3CCN(CCF)C3)n2)nc2ncc(Oc3ccnc(CC(=O)C4CC4)c3)cc21. The molecule has 10 nitrogen and oxygen atoms in total. The average Bonchev–Trinajstić information content (AvgIpc) is 3.41. The molecule has 0 unspecified atom stereocenters. The number of nitrogens with zero attached hydrogens (tertiary/aromatic N) is 7. The summed E-state index contributed by atoms with van der Waals surface area (Å²) in [5, 5.41) is 8.32. The van der Waals surface area contributed by atoms with Crippen molar-refractivity contribution in [1.29, 1.82) is 0 Å². The van der Waals surface area contributed by atoms with Gasteiger partial charge in [-0.1, -0.05) is 20.8 Å². The maximum absolute atomic E-state index is 12.9. The van der Waals surface area contributed by atoms with Crippen LogP contribution in [0, 0.1) is 5.92 Å². The van der Waals surface area contributed by atoms with Gasteiger partial charge in [0.25, 0.3) is 0 Å². The number of likely N-dealkylation sites (tertiary alicyclic amines) is 1. The first kappa shape index (κ1) is 27.3. The van der Waals surface area contributed by atoms with Crippen LogP contribution in [-0.4, -0.2) is 66.3 Å². The second-order valence-corrected chi connectivity index (χ2v) is 12.2. The molecule has 216 valence electrons. The van der Waals surface area contributed by atoms with Crippen molar-refractivity contribution < 1.29 is 13.9 Å². The van der Waals surface area contributed by atoms with Crippen LogP contribution in [0.5, 0.6) is 11.5 Å². The minimum Gasteiger partial charge on any atom is -0.456 e. The predicted octanol–water partition coefficient (Wildman–Crippen LogP) is 5.13. The summed E-state index contributed by atoms with van der Waals surface area (Å²) in [6, 6.07) is 7.76. The molecule has 0 amide bonds. The monoisotopic (exact) mass is 560 g/mol. The highest BCUT2D eigenvalue weighted by molar-refractivity contribution is 5.85. The highest BCUT2D eigenvalue weighted by Crippen LogP contribution is 2.33. The average molecular weight is 561 g/mol. The minimum atomic E-state index is -0.330.